The summed E-state index contributed by atoms with van der Waals surface area (Å²) in [5, 5.41) is 4.92. The molecule has 10 heteroatoms. The SMILES string of the molecule is CNC1CCCN(C(=O)c2sccc2S(=O)(=O)N2CCSCC2)C1.Cl. The fourth-order valence-electron chi connectivity index (χ4n) is 3.12. The van der Waals surface area contributed by atoms with Crippen molar-refractivity contribution in [3.05, 3.63) is 16.3 Å². The van der Waals surface area contributed by atoms with Gasteiger partial charge in [0, 0.05) is 43.7 Å². The van der Waals surface area contributed by atoms with Crippen molar-refractivity contribution in [2.45, 2.75) is 23.8 Å². The number of hydrogen-bond acceptors (Lipinski definition) is 6. The monoisotopic (exact) mass is 425 g/mol. The molecular formula is C15H24ClN3O3S3. The lowest BCUT2D eigenvalue weighted by Gasteiger charge is -2.32. The third kappa shape index (κ3) is 4.51. The molecule has 3 heterocycles. The number of hydrogen-bond donors (Lipinski definition) is 1. The molecule has 0 spiro atoms. The molecule has 0 aromatic carbocycles. The third-order valence-electron chi connectivity index (χ3n) is 4.53. The average molecular weight is 426 g/mol. The lowest BCUT2D eigenvalue weighted by atomic mass is 10.1. The van der Waals surface area contributed by atoms with Crippen LogP contribution in [0.3, 0.4) is 0 Å². The Morgan fingerprint density at radius 2 is 2.00 bits per heavy atom. The summed E-state index contributed by atoms with van der Waals surface area (Å²) in [7, 11) is -1.69. The molecule has 2 fully saturated rings. The Morgan fingerprint density at radius 3 is 2.68 bits per heavy atom. The molecule has 1 unspecified atom stereocenters. The highest BCUT2D eigenvalue weighted by Gasteiger charge is 2.33. The second kappa shape index (κ2) is 9.05. The van der Waals surface area contributed by atoms with E-state index < -0.39 is 10.0 Å². The van der Waals surface area contributed by atoms with Crippen molar-refractivity contribution in [1.82, 2.24) is 14.5 Å². The van der Waals surface area contributed by atoms with E-state index in [4.69, 9.17) is 0 Å². The van der Waals surface area contributed by atoms with Crippen LogP contribution in [0.2, 0.25) is 0 Å². The standard InChI is InChI=1S/C15H23N3O3S3.ClH/c1-16-12-3-2-5-17(11-12)15(19)14-13(4-8-23-14)24(20,21)18-6-9-22-10-7-18;/h4,8,12,16H,2-3,5-7,9-11H2,1H3;1H. The Morgan fingerprint density at radius 1 is 1.28 bits per heavy atom. The van der Waals surface area contributed by atoms with Crippen LogP contribution >= 0.6 is 35.5 Å². The highest BCUT2D eigenvalue weighted by atomic mass is 35.5. The number of carbonyl (C=O) groups is 1. The summed E-state index contributed by atoms with van der Waals surface area (Å²) in [6.45, 7) is 2.35. The molecule has 0 bridgehead atoms. The van der Waals surface area contributed by atoms with Crippen LogP contribution in [0.15, 0.2) is 16.3 Å². The smallest absolute Gasteiger partial charge is 0.265 e. The summed E-state index contributed by atoms with van der Waals surface area (Å²) in [6, 6.07) is 1.86. The first-order valence-electron chi connectivity index (χ1n) is 8.16. The lowest BCUT2D eigenvalue weighted by Crippen LogP contribution is -2.47. The lowest BCUT2D eigenvalue weighted by molar-refractivity contribution is 0.0699. The molecule has 6 nitrogen and oxygen atoms in total. The first kappa shape index (κ1) is 21.0. The Hall–Kier alpha value is -0.320. The first-order valence-corrected chi connectivity index (χ1v) is 11.6. The molecule has 3 rings (SSSR count). The van der Waals surface area contributed by atoms with E-state index in [-0.39, 0.29) is 29.3 Å². The van der Waals surface area contributed by atoms with Gasteiger partial charge in [0.1, 0.15) is 9.77 Å². The molecular weight excluding hydrogens is 402 g/mol. The predicted molar refractivity (Wildman–Crippen MR) is 106 cm³/mol. The van der Waals surface area contributed by atoms with Crippen molar-refractivity contribution in [1.29, 1.82) is 0 Å². The number of rotatable bonds is 4. The highest BCUT2D eigenvalue weighted by Crippen LogP contribution is 2.29. The van der Waals surface area contributed by atoms with Gasteiger partial charge in [-0.25, -0.2) is 8.42 Å². The van der Waals surface area contributed by atoms with E-state index in [9.17, 15) is 13.2 Å². The molecule has 1 aromatic rings. The van der Waals surface area contributed by atoms with Gasteiger partial charge in [-0.3, -0.25) is 4.79 Å². The van der Waals surface area contributed by atoms with Crippen LogP contribution in [0.5, 0.6) is 0 Å². The minimum absolute atomic E-state index is 0. The summed E-state index contributed by atoms with van der Waals surface area (Å²) >= 11 is 2.99. The number of piperidine rings is 1. The van der Waals surface area contributed by atoms with Gasteiger partial charge in [-0.05, 0) is 31.3 Å². The number of likely N-dealkylation sites (tertiary alicyclic amines) is 1. The van der Waals surface area contributed by atoms with Gasteiger partial charge in [0.15, 0.2) is 0 Å². The van der Waals surface area contributed by atoms with Gasteiger partial charge in [-0.1, -0.05) is 0 Å². The predicted octanol–water partition coefficient (Wildman–Crippen LogP) is 1.73. The maximum Gasteiger partial charge on any atom is 0.265 e. The Kier molecular flexibility index (Phi) is 7.60. The van der Waals surface area contributed by atoms with Crippen LogP contribution in [0.25, 0.3) is 0 Å². The molecule has 142 valence electrons. The Bertz CT molecular complexity index is 689. The maximum absolute atomic E-state index is 12.9. The number of amides is 1. The summed E-state index contributed by atoms with van der Waals surface area (Å²) in [5.74, 6) is 1.46. The number of nitrogens with one attached hydrogen (secondary N) is 1. The second-order valence-corrected chi connectivity index (χ2v) is 10.1. The van der Waals surface area contributed by atoms with Crippen molar-refractivity contribution in [3.63, 3.8) is 0 Å². The van der Waals surface area contributed by atoms with Gasteiger partial charge in [0.2, 0.25) is 10.0 Å². The molecule has 0 radical (unpaired) electrons. The molecule has 2 aliphatic heterocycles. The summed E-state index contributed by atoms with van der Waals surface area (Å²) in [6.07, 6.45) is 1.98. The van der Waals surface area contributed by atoms with Crippen molar-refractivity contribution < 1.29 is 13.2 Å². The van der Waals surface area contributed by atoms with E-state index in [1.54, 1.807) is 28.1 Å². The van der Waals surface area contributed by atoms with Crippen LogP contribution in [-0.4, -0.2) is 74.3 Å². The minimum atomic E-state index is -3.58. The van der Waals surface area contributed by atoms with Gasteiger partial charge in [0.25, 0.3) is 5.91 Å². The van der Waals surface area contributed by atoms with Crippen LogP contribution in [-0.2, 0) is 10.0 Å². The number of thiophene rings is 1. The van der Waals surface area contributed by atoms with Gasteiger partial charge < -0.3 is 10.2 Å². The van der Waals surface area contributed by atoms with Crippen molar-refractivity contribution in [3.8, 4) is 0 Å². The fraction of sp³-hybridized carbons (Fsp3) is 0.667. The van der Waals surface area contributed by atoms with Crippen LogP contribution < -0.4 is 5.32 Å². The highest BCUT2D eigenvalue weighted by molar-refractivity contribution is 7.99. The quantitative estimate of drug-likeness (QED) is 0.795. The summed E-state index contributed by atoms with van der Waals surface area (Å²) < 4.78 is 27.3. The van der Waals surface area contributed by atoms with E-state index in [0.29, 0.717) is 31.1 Å². The average Bonchev–Trinajstić information content (AvgIpc) is 3.12. The zero-order valence-corrected chi connectivity index (χ0v) is 17.4. The van der Waals surface area contributed by atoms with Crippen LogP contribution in [0.4, 0.5) is 0 Å². The van der Waals surface area contributed by atoms with E-state index in [0.717, 1.165) is 24.3 Å². The number of nitrogens with zero attached hydrogens (tertiary/aromatic N) is 2. The van der Waals surface area contributed by atoms with Crippen molar-refractivity contribution in [2.24, 2.45) is 0 Å². The van der Waals surface area contributed by atoms with Gasteiger partial charge in [0.05, 0.1) is 0 Å². The fourth-order valence-corrected chi connectivity index (χ4v) is 7.06. The summed E-state index contributed by atoms with van der Waals surface area (Å²) in [4.78, 5) is 15.2. The normalized spacial score (nSPS) is 22.4. The molecule has 2 aliphatic rings. The summed E-state index contributed by atoms with van der Waals surface area (Å²) in [5.41, 5.74) is 0. The van der Waals surface area contributed by atoms with E-state index in [2.05, 4.69) is 5.32 Å². The number of thioether (sulfide) groups is 1. The third-order valence-corrected chi connectivity index (χ3v) is 8.44. The number of sulfonamides is 1. The zero-order valence-electron chi connectivity index (χ0n) is 14.1. The largest absolute Gasteiger partial charge is 0.336 e. The molecule has 1 aromatic heterocycles. The molecule has 1 atom stereocenters. The van der Waals surface area contributed by atoms with Crippen LogP contribution in [0.1, 0.15) is 22.5 Å². The van der Waals surface area contributed by atoms with E-state index in [1.165, 1.54) is 15.6 Å². The van der Waals surface area contributed by atoms with E-state index >= 15 is 0 Å². The molecule has 25 heavy (non-hydrogen) atoms. The number of halogens is 1. The molecule has 0 saturated carbocycles. The number of likely N-dealkylation sites (N-methyl/N-ethyl adjacent to an activating group) is 1. The second-order valence-electron chi connectivity index (χ2n) is 6.01. The first-order chi connectivity index (χ1) is 11.5. The van der Waals surface area contributed by atoms with Gasteiger partial charge in [-0.15, -0.1) is 23.7 Å². The van der Waals surface area contributed by atoms with Crippen LogP contribution in [0, 0.1) is 0 Å². The number of carbonyl (C=O) groups excluding carboxylic acids is 1. The Labute approximate surface area is 163 Å². The molecule has 0 aliphatic carbocycles. The molecule has 1 amide bonds. The van der Waals surface area contributed by atoms with Crippen molar-refractivity contribution in [2.75, 3.05) is 44.7 Å². The molecule has 1 N–H and O–H groups in total. The zero-order chi connectivity index (χ0) is 17.2. The van der Waals surface area contributed by atoms with Gasteiger partial charge in [-0.2, -0.15) is 16.1 Å². The maximum atomic E-state index is 12.9. The van der Waals surface area contributed by atoms with Crippen molar-refractivity contribution >= 4 is 51.4 Å². The Balaban J connectivity index is 0.00000225. The van der Waals surface area contributed by atoms with E-state index in [1.807, 2.05) is 7.05 Å². The minimum Gasteiger partial charge on any atom is -0.336 e. The van der Waals surface area contributed by atoms with Gasteiger partial charge >= 0.3 is 0 Å². The molecule has 2 saturated heterocycles. The topological polar surface area (TPSA) is 69.7 Å².